The quantitative estimate of drug-likeness (QED) is 0.812. The normalized spacial score (nSPS) is 11.5. The predicted octanol–water partition coefficient (Wildman–Crippen LogP) is 2.83. The number of aromatic nitrogens is 2. The minimum atomic E-state index is -3.14. The van der Waals surface area contributed by atoms with E-state index in [-0.39, 0.29) is 0 Å². The summed E-state index contributed by atoms with van der Waals surface area (Å²) in [5.41, 5.74) is 0.821. The van der Waals surface area contributed by atoms with Crippen molar-refractivity contribution < 1.29 is 8.42 Å². The molecule has 0 bridgehead atoms. The standard InChI is InChI=1S/C12H11ClN2O2S2/c1-19(16,17)11-5-3-10(4-6-11)18-8-9-2-7-12(13)15-14-9/h2-7H,8H2,1H3. The van der Waals surface area contributed by atoms with Crippen molar-refractivity contribution in [2.75, 3.05) is 6.26 Å². The molecule has 0 aliphatic heterocycles. The lowest BCUT2D eigenvalue weighted by Gasteiger charge is -2.02. The van der Waals surface area contributed by atoms with Crippen LogP contribution < -0.4 is 0 Å². The summed E-state index contributed by atoms with van der Waals surface area (Å²) in [5, 5.41) is 8.08. The van der Waals surface area contributed by atoms with Crippen LogP contribution in [0.25, 0.3) is 0 Å². The van der Waals surface area contributed by atoms with Gasteiger partial charge < -0.3 is 0 Å². The Morgan fingerprint density at radius 3 is 2.32 bits per heavy atom. The predicted molar refractivity (Wildman–Crippen MR) is 76.2 cm³/mol. The molecule has 2 aromatic rings. The SMILES string of the molecule is CS(=O)(=O)c1ccc(SCc2ccc(Cl)nn2)cc1. The van der Waals surface area contributed by atoms with E-state index in [9.17, 15) is 8.42 Å². The summed E-state index contributed by atoms with van der Waals surface area (Å²) in [4.78, 5) is 1.30. The van der Waals surface area contributed by atoms with Gasteiger partial charge in [0.15, 0.2) is 15.0 Å². The first-order valence-corrected chi connectivity index (χ1v) is 8.62. The molecule has 0 unspecified atom stereocenters. The van der Waals surface area contributed by atoms with Crippen molar-refractivity contribution in [3.63, 3.8) is 0 Å². The van der Waals surface area contributed by atoms with Crippen LogP contribution in [0.4, 0.5) is 0 Å². The maximum Gasteiger partial charge on any atom is 0.175 e. The number of rotatable bonds is 4. The third-order valence-corrected chi connectivity index (χ3v) is 4.70. The molecule has 0 aliphatic rings. The zero-order chi connectivity index (χ0) is 13.9. The minimum absolute atomic E-state index is 0.322. The van der Waals surface area contributed by atoms with E-state index in [0.717, 1.165) is 10.6 Å². The molecule has 1 heterocycles. The van der Waals surface area contributed by atoms with Crippen molar-refractivity contribution >= 4 is 33.2 Å². The Hall–Kier alpha value is -1.11. The second-order valence-corrected chi connectivity index (χ2v) is 7.33. The average Bonchev–Trinajstić information content (AvgIpc) is 2.37. The average molecular weight is 315 g/mol. The monoisotopic (exact) mass is 314 g/mol. The number of hydrogen-bond acceptors (Lipinski definition) is 5. The lowest BCUT2D eigenvalue weighted by molar-refractivity contribution is 0.602. The van der Waals surface area contributed by atoms with Gasteiger partial charge in [0.1, 0.15) is 0 Å². The minimum Gasteiger partial charge on any atom is -0.224 e. The van der Waals surface area contributed by atoms with Crippen molar-refractivity contribution in [3.8, 4) is 0 Å². The van der Waals surface area contributed by atoms with Crippen LogP contribution in [0.5, 0.6) is 0 Å². The summed E-state index contributed by atoms with van der Waals surface area (Å²) in [6, 6.07) is 10.3. The van der Waals surface area contributed by atoms with Crippen LogP contribution in [0.1, 0.15) is 5.69 Å². The number of nitrogens with zero attached hydrogens (tertiary/aromatic N) is 2. The van der Waals surface area contributed by atoms with Crippen molar-refractivity contribution in [1.82, 2.24) is 10.2 Å². The molecule has 0 amide bonds. The Kier molecular flexibility index (Phi) is 4.44. The summed E-state index contributed by atoms with van der Waals surface area (Å²) >= 11 is 7.21. The van der Waals surface area contributed by atoms with Gasteiger partial charge >= 0.3 is 0 Å². The van der Waals surface area contributed by atoms with Gasteiger partial charge in [-0.25, -0.2) is 8.42 Å². The van der Waals surface area contributed by atoms with E-state index in [4.69, 9.17) is 11.6 Å². The molecule has 0 saturated carbocycles. The van der Waals surface area contributed by atoms with Crippen molar-refractivity contribution in [2.45, 2.75) is 15.5 Å². The molecular weight excluding hydrogens is 304 g/mol. The highest BCUT2D eigenvalue weighted by atomic mass is 35.5. The van der Waals surface area contributed by atoms with Gasteiger partial charge in [-0.3, -0.25) is 0 Å². The molecule has 0 radical (unpaired) electrons. The van der Waals surface area contributed by atoms with Gasteiger partial charge in [-0.05, 0) is 36.4 Å². The Morgan fingerprint density at radius 1 is 1.11 bits per heavy atom. The summed E-state index contributed by atoms with van der Waals surface area (Å²) in [7, 11) is -3.14. The van der Waals surface area contributed by atoms with Crippen LogP contribution >= 0.6 is 23.4 Å². The largest absolute Gasteiger partial charge is 0.224 e. The zero-order valence-corrected chi connectivity index (χ0v) is 12.5. The summed E-state index contributed by atoms with van der Waals surface area (Å²) in [5.74, 6) is 0.655. The van der Waals surface area contributed by atoms with Crippen LogP contribution in [-0.2, 0) is 15.6 Å². The molecule has 0 aliphatic carbocycles. The topological polar surface area (TPSA) is 59.9 Å². The molecule has 1 aromatic carbocycles. The van der Waals surface area contributed by atoms with Gasteiger partial charge in [0, 0.05) is 16.9 Å². The Balaban J connectivity index is 2.02. The first kappa shape index (κ1) is 14.3. The second-order valence-electron chi connectivity index (χ2n) is 3.88. The van der Waals surface area contributed by atoms with Crippen LogP contribution in [0.15, 0.2) is 46.2 Å². The molecule has 19 heavy (non-hydrogen) atoms. The Morgan fingerprint density at radius 2 is 1.79 bits per heavy atom. The Bertz CT molecular complexity index is 655. The molecule has 0 atom stereocenters. The Labute approximate surface area is 121 Å². The molecule has 2 rings (SSSR count). The van der Waals surface area contributed by atoms with E-state index >= 15 is 0 Å². The molecule has 7 heteroatoms. The number of thioether (sulfide) groups is 1. The van der Waals surface area contributed by atoms with E-state index in [1.54, 1.807) is 42.1 Å². The van der Waals surface area contributed by atoms with Gasteiger partial charge in [-0.2, -0.15) is 5.10 Å². The molecule has 0 fully saturated rings. The fraction of sp³-hybridized carbons (Fsp3) is 0.167. The van der Waals surface area contributed by atoms with E-state index in [2.05, 4.69) is 10.2 Å². The van der Waals surface area contributed by atoms with Crippen LogP contribution in [-0.4, -0.2) is 24.9 Å². The van der Waals surface area contributed by atoms with Gasteiger partial charge in [0.05, 0.1) is 10.6 Å². The summed E-state index contributed by atoms with van der Waals surface area (Å²) in [6.07, 6.45) is 1.19. The van der Waals surface area contributed by atoms with Gasteiger partial charge in [-0.1, -0.05) is 11.6 Å². The van der Waals surface area contributed by atoms with E-state index in [1.165, 1.54) is 6.26 Å². The number of benzene rings is 1. The maximum atomic E-state index is 11.3. The molecular formula is C12H11ClN2O2S2. The van der Waals surface area contributed by atoms with Crippen molar-refractivity contribution in [2.24, 2.45) is 0 Å². The molecule has 1 aromatic heterocycles. The highest BCUT2D eigenvalue weighted by Crippen LogP contribution is 2.23. The zero-order valence-electron chi connectivity index (χ0n) is 10.1. The van der Waals surface area contributed by atoms with Gasteiger partial charge in [-0.15, -0.1) is 16.9 Å². The first-order chi connectivity index (χ1) is 8.95. The van der Waals surface area contributed by atoms with E-state index in [1.807, 2.05) is 6.07 Å². The lowest BCUT2D eigenvalue weighted by Crippen LogP contribution is -1.96. The highest BCUT2D eigenvalue weighted by Gasteiger charge is 2.06. The first-order valence-electron chi connectivity index (χ1n) is 5.36. The van der Waals surface area contributed by atoms with Crippen molar-refractivity contribution in [3.05, 3.63) is 47.2 Å². The third kappa shape index (κ3) is 4.19. The fourth-order valence-corrected chi connectivity index (χ4v) is 2.89. The van der Waals surface area contributed by atoms with E-state index in [0.29, 0.717) is 15.8 Å². The number of hydrogen-bond donors (Lipinski definition) is 0. The van der Waals surface area contributed by atoms with Gasteiger partial charge in [0.2, 0.25) is 0 Å². The fourth-order valence-electron chi connectivity index (χ4n) is 1.36. The number of halogens is 1. The van der Waals surface area contributed by atoms with Gasteiger partial charge in [0.25, 0.3) is 0 Å². The molecule has 100 valence electrons. The third-order valence-electron chi connectivity index (χ3n) is 2.33. The summed E-state index contributed by atoms with van der Waals surface area (Å²) < 4.78 is 22.6. The van der Waals surface area contributed by atoms with Crippen LogP contribution in [0.3, 0.4) is 0 Å². The highest BCUT2D eigenvalue weighted by molar-refractivity contribution is 7.98. The van der Waals surface area contributed by atoms with E-state index < -0.39 is 9.84 Å². The lowest BCUT2D eigenvalue weighted by atomic mass is 10.4. The maximum absolute atomic E-state index is 11.3. The molecule has 0 N–H and O–H groups in total. The molecule has 4 nitrogen and oxygen atoms in total. The second kappa shape index (κ2) is 5.90. The molecule has 0 saturated heterocycles. The molecule has 0 spiro atoms. The summed E-state index contributed by atoms with van der Waals surface area (Å²) in [6.45, 7) is 0. The van der Waals surface area contributed by atoms with Crippen LogP contribution in [0, 0.1) is 0 Å². The van der Waals surface area contributed by atoms with Crippen LogP contribution in [0.2, 0.25) is 5.15 Å². The van der Waals surface area contributed by atoms with Crippen molar-refractivity contribution in [1.29, 1.82) is 0 Å². The smallest absolute Gasteiger partial charge is 0.175 e. The number of sulfone groups is 1.